The molecule has 0 saturated heterocycles. The van der Waals surface area contributed by atoms with Crippen LogP contribution in [0.3, 0.4) is 0 Å². The van der Waals surface area contributed by atoms with Gasteiger partial charge in [-0.1, -0.05) is 18.4 Å². The van der Waals surface area contributed by atoms with Crippen molar-refractivity contribution in [1.82, 2.24) is 0 Å². The minimum absolute atomic E-state index is 0.196. The molecule has 3 nitrogen and oxygen atoms in total. The molecule has 1 N–H and O–H groups in total. The molecule has 0 aliphatic carbocycles. The van der Waals surface area contributed by atoms with Gasteiger partial charge in [0, 0.05) is 4.57 Å². The zero-order valence-electron chi connectivity index (χ0n) is 6.52. The number of thioether (sulfide) groups is 2. The van der Waals surface area contributed by atoms with E-state index in [4.69, 9.17) is 9.42 Å². The molecule has 0 aliphatic heterocycles. The molecule has 0 aromatic heterocycles. The van der Waals surface area contributed by atoms with Crippen LogP contribution in [0.15, 0.2) is 0 Å². The summed E-state index contributed by atoms with van der Waals surface area (Å²) in [7, 11) is -2.45. The standard InChI is InChI=1S/C5H11O3PS2/c1-3-10-5(11-4-2)8-9(6)7/h5H,3-4H2,1-2H3/p+1. The SMILES string of the molecule is CCSC(O[P+](=O)O)SCC. The van der Waals surface area contributed by atoms with Gasteiger partial charge in [-0.25, -0.2) is 0 Å². The van der Waals surface area contributed by atoms with Gasteiger partial charge in [0.25, 0.3) is 0 Å². The highest BCUT2D eigenvalue weighted by Crippen LogP contribution is 2.32. The lowest BCUT2D eigenvalue weighted by molar-refractivity contribution is 0.314. The van der Waals surface area contributed by atoms with Crippen molar-refractivity contribution in [1.29, 1.82) is 0 Å². The zero-order valence-corrected chi connectivity index (χ0v) is 9.05. The van der Waals surface area contributed by atoms with Crippen molar-refractivity contribution in [2.75, 3.05) is 11.5 Å². The summed E-state index contributed by atoms with van der Waals surface area (Å²) in [5.41, 5.74) is 0. The van der Waals surface area contributed by atoms with Gasteiger partial charge in [0.15, 0.2) is 0 Å². The molecule has 0 aromatic carbocycles. The van der Waals surface area contributed by atoms with Crippen molar-refractivity contribution in [2.45, 2.75) is 18.6 Å². The van der Waals surface area contributed by atoms with Gasteiger partial charge in [0.1, 0.15) is 0 Å². The molecule has 0 heterocycles. The van der Waals surface area contributed by atoms with E-state index in [1.807, 2.05) is 13.8 Å². The molecule has 11 heavy (non-hydrogen) atoms. The third-order valence-corrected chi connectivity index (χ3v) is 3.68. The van der Waals surface area contributed by atoms with Crippen LogP contribution in [-0.2, 0) is 9.09 Å². The molecule has 6 heteroatoms. The van der Waals surface area contributed by atoms with Crippen LogP contribution in [-0.4, -0.2) is 21.2 Å². The Morgan fingerprint density at radius 1 is 1.45 bits per heavy atom. The topological polar surface area (TPSA) is 46.5 Å². The lowest BCUT2D eigenvalue weighted by atomic mass is 11.0. The molecule has 1 unspecified atom stereocenters. The van der Waals surface area contributed by atoms with Crippen molar-refractivity contribution in [3.05, 3.63) is 0 Å². The monoisotopic (exact) mass is 215 g/mol. The molecule has 0 fully saturated rings. The maximum Gasteiger partial charge on any atom is 0.696 e. The quantitative estimate of drug-likeness (QED) is 0.544. The van der Waals surface area contributed by atoms with E-state index < -0.39 is 8.25 Å². The second kappa shape index (κ2) is 7.37. The molecule has 0 saturated carbocycles. The maximum atomic E-state index is 10.3. The molecule has 0 aromatic rings. The van der Waals surface area contributed by atoms with Gasteiger partial charge >= 0.3 is 8.25 Å². The highest BCUT2D eigenvalue weighted by molar-refractivity contribution is 8.16. The van der Waals surface area contributed by atoms with Crippen LogP contribution in [0.25, 0.3) is 0 Å². The predicted octanol–water partition coefficient (Wildman–Crippen LogP) is 2.44. The fourth-order valence-corrected chi connectivity index (χ4v) is 3.28. The van der Waals surface area contributed by atoms with Crippen LogP contribution in [0, 0.1) is 0 Å². The summed E-state index contributed by atoms with van der Waals surface area (Å²) in [4.78, 5) is 8.44. The first kappa shape index (κ1) is 11.7. The number of hydrogen-bond acceptors (Lipinski definition) is 4. The third-order valence-electron chi connectivity index (χ3n) is 0.782. The Morgan fingerprint density at radius 3 is 2.18 bits per heavy atom. The van der Waals surface area contributed by atoms with Crippen LogP contribution in [0.1, 0.15) is 13.8 Å². The van der Waals surface area contributed by atoms with Crippen LogP contribution >= 0.6 is 31.8 Å². The lowest BCUT2D eigenvalue weighted by Crippen LogP contribution is -1.98. The van der Waals surface area contributed by atoms with E-state index in [-0.39, 0.29) is 4.77 Å². The van der Waals surface area contributed by atoms with Gasteiger partial charge < -0.3 is 0 Å². The molecule has 0 bridgehead atoms. The van der Waals surface area contributed by atoms with Crippen molar-refractivity contribution in [2.24, 2.45) is 0 Å². The summed E-state index contributed by atoms with van der Waals surface area (Å²) in [6.07, 6.45) is 0. The van der Waals surface area contributed by atoms with E-state index in [2.05, 4.69) is 0 Å². The maximum absolute atomic E-state index is 10.3. The van der Waals surface area contributed by atoms with Crippen molar-refractivity contribution >= 4 is 31.8 Å². The zero-order chi connectivity index (χ0) is 8.69. The first-order valence-corrected chi connectivity index (χ1v) is 6.49. The van der Waals surface area contributed by atoms with E-state index in [1.54, 1.807) is 0 Å². The molecule has 66 valence electrons. The molecule has 1 atom stereocenters. The van der Waals surface area contributed by atoms with E-state index in [1.165, 1.54) is 23.5 Å². The molecule has 0 radical (unpaired) electrons. The van der Waals surface area contributed by atoms with Crippen LogP contribution < -0.4 is 0 Å². The van der Waals surface area contributed by atoms with Gasteiger partial charge in [-0.15, -0.1) is 28.4 Å². The highest BCUT2D eigenvalue weighted by Gasteiger charge is 2.22. The van der Waals surface area contributed by atoms with Gasteiger partial charge in [-0.2, -0.15) is 0 Å². The Hall–Kier alpha value is 0.720. The average Bonchev–Trinajstić information content (AvgIpc) is 1.87. The van der Waals surface area contributed by atoms with Crippen LogP contribution in [0.5, 0.6) is 0 Å². The Morgan fingerprint density at radius 2 is 1.91 bits per heavy atom. The first-order valence-electron chi connectivity index (χ1n) is 3.26. The fourth-order valence-electron chi connectivity index (χ4n) is 0.455. The van der Waals surface area contributed by atoms with E-state index in [0.29, 0.717) is 0 Å². The second-order valence-electron chi connectivity index (χ2n) is 1.54. The Labute approximate surface area is 76.2 Å². The molecule has 0 rings (SSSR count). The van der Waals surface area contributed by atoms with Crippen molar-refractivity contribution in [3.63, 3.8) is 0 Å². The minimum Gasteiger partial charge on any atom is -0.133 e. The lowest BCUT2D eigenvalue weighted by Gasteiger charge is -2.04. The predicted molar refractivity (Wildman–Crippen MR) is 51.0 cm³/mol. The molecular weight excluding hydrogens is 203 g/mol. The highest BCUT2D eigenvalue weighted by atomic mass is 32.2. The summed E-state index contributed by atoms with van der Waals surface area (Å²) in [5, 5.41) is 0. The summed E-state index contributed by atoms with van der Waals surface area (Å²) < 4.78 is 14.8. The van der Waals surface area contributed by atoms with Gasteiger partial charge in [-0.3, -0.25) is 0 Å². The van der Waals surface area contributed by atoms with E-state index in [9.17, 15) is 4.57 Å². The normalized spacial score (nSPS) is 12.2. The average molecular weight is 215 g/mol. The van der Waals surface area contributed by atoms with Crippen LogP contribution in [0.2, 0.25) is 0 Å². The summed E-state index contributed by atoms with van der Waals surface area (Å²) in [6.45, 7) is 3.98. The number of rotatable bonds is 6. The summed E-state index contributed by atoms with van der Waals surface area (Å²) in [5.74, 6) is 1.78. The van der Waals surface area contributed by atoms with Gasteiger partial charge in [0.2, 0.25) is 4.77 Å². The first-order chi connectivity index (χ1) is 5.20. The van der Waals surface area contributed by atoms with E-state index in [0.717, 1.165) is 11.5 Å². The molecular formula is C5H12O3PS2+. The third kappa shape index (κ3) is 7.09. The number of hydrogen-bond donors (Lipinski definition) is 1. The Balaban J connectivity index is 3.59. The Bertz CT molecular complexity index is 116. The second-order valence-corrected chi connectivity index (χ2v) is 5.21. The molecule has 0 amide bonds. The molecule has 0 spiro atoms. The Kier molecular flexibility index (Phi) is 7.86. The van der Waals surface area contributed by atoms with E-state index >= 15 is 0 Å². The minimum atomic E-state index is -2.45. The molecule has 0 aliphatic rings. The largest absolute Gasteiger partial charge is 0.696 e. The van der Waals surface area contributed by atoms with Crippen LogP contribution in [0.4, 0.5) is 0 Å². The van der Waals surface area contributed by atoms with Gasteiger partial charge in [-0.05, 0) is 11.5 Å². The van der Waals surface area contributed by atoms with Crippen molar-refractivity contribution < 1.29 is 14.0 Å². The summed E-state index contributed by atoms with van der Waals surface area (Å²) in [6, 6.07) is 0. The smallest absolute Gasteiger partial charge is 0.133 e. The summed E-state index contributed by atoms with van der Waals surface area (Å²) >= 11 is 3.05. The fraction of sp³-hybridized carbons (Fsp3) is 1.00. The van der Waals surface area contributed by atoms with Gasteiger partial charge in [0.05, 0.1) is 0 Å². The van der Waals surface area contributed by atoms with Crippen molar-refractivity contribution in [3.8, 4) is 0 Å².